The molecule has 0 rings (SSSR count). The molecule has 0 aromatic rings. The minimum absolute atomic E-state index is 0. The van der Waals surface area contributed by atoms with Crippen molar-refractivity contribution in [2.75, 3.05) is 52.4 Å². The van der Waals surface area contributed by atoms with Gasteiger partial charge >= 0.3 is 0 Å². The number of carbonyl (C=O) groups excluding carboxylic acids is 1. The van der Waals surface area contributed by atoms with Gasteiger partial charge in [-0.05, 0) is 58.3 Å². The topological polar surface area (TPSA) is 70.1 Å². The second-order valence-electron chi connectivity index (χ2n) is 11.8. The van der Waals surface area contributed by atoms with Crippen LogP contribution in [-0.2, 0) is 4.79 Å². The van der Waals surface area contributed by atoms with Crippen molar-refractivity contribution in [3.63, 3.8) is 0 Å². The predicted molar refractivity (Wildman–Crippen MR) is 171 cm³/mol. The number of nitrogens with zero attached hydrogens (tertiary/aromatic N) is 2. The summed E-state index contributed by atoms with van der Waals surface area (Å²) in [7, 11) is 0. The molecular weight excluding hydrogens is 484 g/mol. The molecule has 0 aromatic carbocycles. The van der Waals surface area contributed by atoms with E-state index in [0.717, 1.165) is 6.92 Å². The lowest BCUT2D eigenvalue weighted by molar-refractivity contribution is -0.929. The number of carboxylic acid groups (broad SMARTS) is 1. The summed E-state index contributed by atoms with van der Waals surface area (Å²) in [5, 5.41) is 8.89. The van der Waals surface area contributed by atoms with Gasteiger partial charge in [0.1, 0.15) is 0 Å². The lowest BCUT2D eigenvalue weighted by Gasteiger charge is -2.39. The van der Waals surface area contributed by atoms with E-state index in [-0.39, 0.29) is 5.48 Å². The number of carboxylic acids is 1. The zero-order valence-corrected chi connectivity index (χ0v) is 28.6. The highest BCUT2D eigenvalue weighted by Crippen LogP contribution is 2.17. The van der Waals surface area contributed by atoms with Crippen molar-refractivity contribution in [2.24, 2.45) is 0 Å². The molecule has 0 atom stereocenters. The fraction of sp³-hybridized carbons (Fsp3) is 0.971. The van der Waals surface area contributed by atoms with E-state index in [1.54, 1.807) is 0 Å². The molecule has 0 amide bonds. The number of aliphatic carboxylic acids is 1. The highest BCUT2D eigenvalue weighted by atomic mass is 16.4. The van der Waals surface area contributed by atoms with Crippen LogP contribution in [0.3, 0.4) is 0 Å². The quantitative estimate of drug-likeness (QED) is 0.111. The van der Waals surface area contributed by atoms with Gasteiger partial charge in [-0.3, -0.25) is 0 Å². The van der Waals surface area contributed by atoms with E-state index in [9.17, 15) is 0 Å². The third kappa shape index (κ3) is 30.1. The van der Waals surface area contributed by atoms with Gasteiger partial charge in [-0.2, -0.15) is 0 Å². The van der Waals surface area contributed by atoms with Gasteiger partial charge in [-0.15, -0.1) is 0 Å². The summed E-state index contributed by atoms with van der Waals surface area (Å²) in [4.78, 5) is 8.89. The lowest BCUT2D eigenvalue weighted by Crippen LogP contribution is -2.50. The summed E-state index contributed by atoms with van der Waals surface area (Å²) >= 11 is 0. The SMILES string of the molecule is CC(=O)[O-].CCCC[N+](CCCC)(CCCC)CCCC.CCCC[N+](CCCC)(CCCC)CCCC.[OH-]. The molecule has 0 bridgehead atoms. The van der Waals surface area contributed by atoms with Crippen LogP contribution in [0.1, 0.15) is 165 Å². The molecule has 0 aliphatic carbocycles. The summed E-state index contributed by atoms with van der Waals surface area (Å²) in [5.74, 6) is -1.08. The average Bonchev–Trinajstić information content (AvgIpc) is 2.91. The van der Waals surface area contributed by atoms with Crippen LogP contribution in [0, 0.1) is 0 Å². The van der Waals surface area contributed by atoms with Crippen LogP contribution < -0.4 is 5.11 Å². The maximum Gasteiger partial charge on any atom is 0.0786 e. The first-order chi connectivity index (χ1) is 18.2. The maximum absolute atomic E-state index is 8.89. The third-order valence-corrected chi connectivity index (χ3v) is 7.89. The van der Waals surface area contributed by atoms with Crippen LogP contribution in [0.25, 0.3) is 0 Å². The molecule has 0 aliphatic heterocycles. The Labute approximate surface area is 247 Å². The molecule has 0 radical (unpaired) electrons. The average molecular weight is 561 g/mol. The van der Waals surface area contributed by atoms with Gasteiger partial charge in [-0.25, -0.2) is 0 Å². The standard InChI is InChI=1S/2C16H36N.C2H4O2.H2O/c2*1-5-9-13-17(14-10-6-2,15-11-7-3)16-12-8-4;1-2(3)4;/h2*5-16H2,1-4H3;1H3,(H,3,4);1H2/q2*+1;;/p-2. The lowest BCUT2D eigenvalue weighted by atomic mass is 10.1. The maximum atomic E-state index is 8.89. The van der Waals surface area contributed by atoms with E-state index >= 15 is 0 Å². The zero-order chi connectivity index (χ0) is 29.5. The third-order valence-electron chi connectivity index (χ3n) is 7.89. The first-order valence-corrected chi connectivity index (χ1v) is 17.1. The van der Waals surface area contributed by atoms with E-state index in [4.69, 9.17) is 9.90 Å². The van der Waals surface area contributed by atoms with E-state index in [1.165, 1.54) is 164 Å². The Morgan fingerprint density at radius 3 is 0.590 bits per heavy atom. The summed E-state index contributed by atoms with van der Waals surface area (Å²) in [6, 6.07) is 0. The van der Waals surface area contributed by atoms with Crippen LogP contribution in [-0.4, -0.2) is 72.8 Å². The molecule has 0 saturated carbocycles. The van der Waals surface area contributed by atoms with Gasteiger partial charge in [-0.1, -0.05) is 107 Å². The van der Waals surface area contributed by atoms with E-state index in [0.29, 0.717) is 0 Å². The van der Waals surface area contributed by atoms with E-state index in [2.05, 4.69) is 55.4 Å². The number of hydrogen-bond acceptors (Lipinski definition) is 3. The van der Waals surface area contributed by atoms with Crippen molar-refractivity contribution in [1.29, 1.82) is 0 Å². The molecule has 5 nitrogen and oxygen atoms in total. The molecule has 240 valence electrons. The van der Waals surface area contributed by atoms with E-state index in [1.807, 2.05) is 0 Å². The van der Waals surface area contributed by atoms with Crippen molar-refractivity contribution in [1.82, 2.24) is 0 Å². The molecule has 0 saturated heterocycles. The smallest absolute Gasteiger partial charge is 0.0786 e. The largest absolute Gasteiger partial charge is 0.870 e. The molecule has 39 heavy (non-hydrogen) atoms. The summed E-state index contributed by atoms with van der Waals surface area (Å²) in [6.45, 7) is 31.0. The van der Waals surface area contributed by atoms with Crippen molar-refractivity contribution >= 4 is 5.97 Å². The van der Waals surface area contributed by atoms with Gasteiger partial charge in [0.2, 0.25) is 0 Å². The van der Waals surface area contributed by atoms with E-state index < -0.39 is 5.97 Å². The Morgan fingerprint density at radius 2 is 0.513 bits per heavy atom. The Hall–Kier alpha value is -0.650. The minimum Gasteiger partial charge on any atom is -0.870 e. The van der Waals surface area contributed by atoms with Crippen LogP contribution in [0.5, 0.6) is 0 Å². The Kier molecular flexibility index (Phi) is 39.0. The Morgan fingerprint density at radius 1 is 0.410 bits per heavy atom. The molecule has 0 aromatic heterocycles. The zero-order valence-electron chi connectivity index (χ0n) is 28.6. The van der Waals surface area contributed by atoms with Gasteiger partial charge in [0.05, 0.1) is 52.4 Å². The highest BCUT2D eigenvalue weighted by molar-refractivity contribution is 5.60. The summed E-state index contributed by atoms with van der Waals surface area (Å²) in [5.41, 5.74) is 0. The number of unbranched alkanes of at least 4 members (excludes halogenated alkanes) is 8. The normalized spacial score (nSPS) is 11.1. The summed E-state index contributed by atoms with van der Waals surface area (Å²) in [6.07, 6.45) is 22.1. The van der Waals surface area contributed by atoms with Crippen LogP contribution in [0.15, 0.2) is 0 Å². The van der Waals surface area contributed by atoms with Crippen LogP contribution in [0.4, 0.5) is 0 Å². The highest BCUT2D eigenvalue weighted by Gasteiger charge is 2.25. The number of hydrogen-bond donors (Lipinski definition) is 0. The fourth-order valence-electron chi connectivity index (χ4n) is 5.29. The van der Waals surface area contributed by atoms with Gasteiger partial charge in [0.25, 0.3) is 0 Å². The molecule has 5 heteroatoms. The van der Waals surface area contributed by atoms with Crippen LogP contribution in [0.2, 0.25) is 0 Å². The van der Waals surface area contributed by atoms with Crippen LogP contribution >= 0.6 is 0 Å². The van der Waals surface area contributed by atoms with Gasteiger partial charge in [0, 0.05) is 5.97 Å². The molecule has 0 spiro atoms. The first-order valence-electron chi connectivity index (χ1n) is 17.1. The monoisotopic (exact) mass is 561 g/mol. The first kappa shape index (κ1) is 45.3. The summed E-state index contributed by atoms with van der Waals surface area (Å²) < 4.78 is 2.84. The molecule has 0 unspecified atom stereocenters. The predicted octanol–water partition coefficient (Wildman–Crippen LogP) is 8.59. The Bertz CT molecular complexity index is 356. The number of quaternary nitrogens is 2. The molecule has 0 heterocycles. The number of carbonyl (C=O) groups is 1. The van der Waals surface area contributed by atoms with Crippen molar-refractivity contribution in [3.05, 3.63) is 0 Å². The Balaban J connectivity index is -0.000000270. The molecular formula is C34H76N2O3. The molecule has 1 N–H and O–H groups in total. The number of rotatable bonds is 24. The fourth-order valence-corrected chi connectivity index (χ4v) is 5.29. The van der Waals surface area contributed by atoms with Crippen molar-refractivity contribution in [3.8, 4) is 0 Å². The van der Waals surface area contributed by atoms with Gasteiger partial charge < -0.3 is 24.3 Å². The second-order valence-corrected chi connectivity index (χ2v) is 11.8. The minimum atomic E-state index is -1.08. The second kappa shape index (κ2) is 33.6. The molecule has 0 fully saturated rings. The van der Waals surface area contributed by atoms with Gasteiger partial charge in [0.15, 0.2) is 0 Å². The molecule has 0 aliphatic rings. The van der Waals surface area contributed by atoms with Crippen molar-refractivity contribution < 1.29 is 24.3 Å². The van der Waals surface area contributed by atoms with Crippen molar-refractivity contribution in [2.45, 2.75) is 165 Å².